The molecule has 1 N–H and O–H groups in total. The first-order chi connectivity index (χ1) is 10.7. The quantitative estimate of drug-likeness (QED) is 0.696. The van der Waals surface area contributed by atoms with Crippen LogP contribution in [0.1, 0.15) is 24.0 Å². The van der Waals surface area contributed by atoms with Crippen LogP contribution < -0.4 is 5.32 Å². The number of methoxy groups -OCH3 is 1. The summed E-state index contributed by atoms with van der Waals surface area (Å²) < 4.78 is 29.7. The van der Waals surface area contributed by atoms with E-state index in [0.29, 0.717) is 19.6 Å². The number of ether oxygens (including phenoxy) is 1. The topological polar surface area (TPSA) is 75.7 Å². The van der Waals surface area contributed by atoms with Crippen molar-refractivity contribution in [3.8, 4) is 0 Å². The van der Waals surface area contributed by atoms with E-state index in [4.69, 9.17) is 4.74 Å². The molecule has 0 radical (unpaired) electrons. The summed E-state index contributed by atoms with van der Waals surface area (Å²) in [4.78, 5) is 12.0. The fourth-order valence-corrected chi connectivity index (χ4v) is 2.98. The molecular weight excluding hydrogens is 316 g/mol. The van der Waals surface area contributed by atoms with Crippen LogP contribution in [0.4, 0.5) is 5.69 Å². The van der Waals surface area contributed by atoms with Crippen LogP contribution in [0, 0.1) is 13.8 Å². The number of aryl methyl sites for hydroxylation is 2. The summed E-state index contributed by atoms with van der Waals surface area (Å²) in [6, 6.07) is 5.69. The summed E-state index contributed by atoms with van der Waals surface area (Å²) in [5.41, 5.74) is 2.98. The van der Waals surface area contributed by atoms with Crippen LogP contribution in [-0.4, -0.2) is 51.7 Å². The smallest absolute Gasteiger partial charge is 0.225 e. The number of carbonyl (C=O) groups is 1. The first kappa shape index (κ1) is 19.6. The molecule has 23 heavy (non-hydrogen) atoms. The lowest BCUT2D eigenvalue weighted by atomic mass is 10.1. The molecule has 130 valence electrons. The van der Waals surface area contributed by atoms with E-state index in [-0.39, 0.29) is 18.9 Å². The Kier molecular flexibility index (Phi) is 7.67. The van der Waals surface area contributed by atoms with Crippen molar-refractivity contribution < 1.29 is 17.9 Å². The minimum atomic E-state index is -3.33. The van der Waals surface area contributed by atoms with Gasteiger partial charge in [-0.1, -0.05) is 6.07 Å². The second-order valence-corrected chi connectivity index (χ2v) is 7.59. The SMILES string of the molecule is COCCCN(CCC(=O)Nc1ccc(C)c(C)c1)S(C)(=O)=O. The van der Waals surface area contributed by atoms with Gasteiger partial charge in [0.25, 0.3) is 0 Å². The lowest BCUT2D eigenvalue weighted by Gasteiger charge is -2.19. The number of hydrogen-bond acceptors (Lipinski definition) is 4. The molecule has 0 aliphatic heterocycles. The largest absolute Gasteiger partial charge is 0.385 e. The highest BCUT2D eigenvalue weighted by molar-refractivity contribution is 7.88. The summed E-state index contributed by atoms with van der Waals surface area (Å²) in [6.45, 7) is 4.99. The van der Waals surface area contributed by atoms with Crippen LogP contribution >= 0.6 is 0 Å². The molecule has 0 saturated carbocycles. The van der Waals surface area contributed by atoms with Gasteiger partial charge in [0, 0.05) is 38.9 Å². The summed E-state index contributed by atoms with van der Waals surface area (Å²) >= 11 is 0. The van der Waals surface area contributed by atoms with Crippen molar-refractivity contribution in [3.63, 3.8) is 0 Å². The standard InChI is InChI=1S/C16H26N2O4S/c1-13-6-7-15(12-14(13)2)17-16(19)8-10-18(23(4,20)21)9-5-11-22-3/h6-7,12H,5,8-11H2,1-4H3,(H,17,19). The predicted octanol–water partition coefficient (Wildman–Crippen LogP) is 1.93. The number of amides is 1. The Hall–Kier alpha value is -1.44. The Balaban J connectivity index is 2.55. The number of anilines is 1. The third kappa shape index (κ3) is 7.11. The molecule has 7 heteroatoms. The number of nitrogens with one attached hydrogen (secondary N) is 1. The summed E-state index contributed by atoms with van der Waals surface area (Å²) in [6.07, 6.45) is 1.87. The molecule has 6 nitrogen and oxygen atoms in total. The van der Waals surface area contributed by atoms with Crippen molar-refractivity contribution >= 4 is 21.6 Å². The van der Waals surface area contributed by atoms with Gasteiger partial charge >= 0.3 is 0 Å². The van der Waals surface area contributed by atoms with E-state index in [2.05, 4.69) is 5.32 Å². The first-order valence-electron chi connectivity index (χ1n) is 7.55. The van der Waals surface area contributed by atoms with Crippen LogP contribution in [-0.2, 0) is 19.6 Å². The minimum Gasteiger partial charge on any atom is -0.385 e. The average molecular weight is 342 g/mol. The molecule has 1 aromatic carbocycles. The van der Waals surface area contributed by atoms with E-state index in [1.165, 1.54) is 4.31 Å². The maximum absolute atomic E-state index is 12.0. The maximum atomic E-state index is 12.0. The van der Waals surface area contributed by atoms with Gasteiger partial charge in [-0.25, -0.2) is 12.7 Å². The number of sulfonamides is 1. The van der Waals surface area contributed by atoms with Gasteiger partial charge in [0.05, 0.1) is 6.26 Å². The van der Waals surface area contributed by atoms with Crippen molar-refractivity contribution in [3.05, 3.63) is 29.3 Å². The van der Waals surface area contributed by atoms with Gasteiger partial charge < -0.3 is 10.1 Å². The van der Waals surface area contributed by atoms with Gasteiger partial charge in [-0.05, 0) is 43.5 Å². The van der Waals surface area contributed by atoms with Crippen molar-refractivity contribution in [2.45, 2.75) is 26.7 Å². The Morgan fingerprint density at radius 2 is 1.91 bits per heavy atom. The van der Waals surface area contributed by atoms with Crippen LogP contribution in [0.2, 0.25) is 0 Å². The molecule has 0 aliphatic carbocycles. The van der Waals surface area contributed by atoms with Crippen LogP contribution in [0.3, 0.4) is 0 Å². The van der Waals surface area contributed by atoms with Crippen molar-refractivity contribution in [2.24, 2.45) is 0 Å². The molecule has 1 rings (SSSR count). The van der Waals surface area contributed by atoms with Crippen molar-refractivity contribution in [1.82, 2.24) is 4.31 Å². The monoisotopic (exact) mass is 342 g/mol. The Labute approximate surface area is 138 Å². The molecule has 0 aromatic heterocycles. The second-order valence-electron chi connectivity index (χ2n) is 5.61. The molecule has 0 unspecified atom stereocenters. The molecule has 0 fully saturated rings. The summed E-state index contributed by atoms with van der Waals surface area (Å²) in [5.74, 6) is -0.200. The molecule has 0 heterocycles. The van der Waals surface area contributed by atoms with Crippen LogP contribution in [0.15, 0.2) is 18.2 Å². The van der Waals surface area contributed by atoms with Gasteiger partial charge in [0.2, 0.25) is 15.9 Å². The van der Waals surface area contributed by atoms with Gasteiger partial charge in [0.1, 0.15) is 0 Å². The third-order valence-corrected chi connectivity index (χ3v) is 4.91. The number of nitrogens with zero attached hydrogens (tertiary/aromatic N) is 1. The zero-order valence-electron chi connectivity index (χ0n) is 14.3. The van der Waals surface area contributed by atoms with Crippen LogP contribution in [0.5, 0.6) is 0 Å². The molecule has 1 aromatic rings. The van der Waals surface area contributed by atoms with Gasteiger partial charge in [-0.2, -0.15) is 0 Å². The first-order valence-corrected chi connectivity index (χ1v) is 9.40. The maximum Gasteiger partial charge on any atom is 0.225 e. The van der Waals surface area contributed by atoms with Gasteiger partial charge in [-0.3, -0.25) is 4.79 Å². The minimum absolute atomic E-state index is 0.118. The molecule has 0 spiro atoms. The second kappa shape index (κ2) is 9.00. The highest BCUT2D eigenvalue weighted by Gasteiger charge is 2.17. The van der Waals surface area contributed by atoms with E-state index >= 15 is 0 Å². The van der Waals surface area contributed by atoms with E-state index in [0.717, 1.165) is 23.1 Å². The highest BCUT2D eigenvalue weighted by atomic mass is 32.2. The molecule has 0 bridgehead atoms. The zero-order valence-corrected chi connectivity index (χ0v) is 15.1. The third-order valence-electron chi connectivity index (χ3n) is 3.60. The normalized spacial score (nSPS) is 11.7. The molecule has 0 atom stereocenters. The molecule has 0 saturated heterocycles. The van der Waals surface area contributed by atoms with Gasteiger partial charge in [0.15, 0.2) is 0 Å². The fraction of sp³-hybridized carbons (Fsp3) is 0.562. The highest BCUT2D eigenvalue weighted by Crippen LogP contribution is 2.14. The zero-order chi connectivity index (χ0) is 17.5. The lowest BCUT2D eigenvalue weighted by Crippen LogP contribution is -2.34. The van der Waals surface area contributed by atoms with Gasteiger partial charge in [-0.15, -0.1) is 0 Å². The lowest BCUT2D eigenvalue weighted by molar-refractivity contribution is -0.116. The van der Waals surface area contributed by atoms with E-state index in [1.54, 1.807) is 7.11 Å². The number of benzene rings is 1. The Morgan fingerprint density at radius 3 is 2.48 bits per heavy atom. The number of rotatable bonds is 9. The summed E-state index contributed by atoms with van der Waals surface area (Å²) in [5, 5.41) is 2.80. The molecular formula is C16H26N2O4S. The molecule has 0 aliphatic rings. The Morgan fingerprint density at radius 1 is 1.22 bits per heavy atom. The average Bonchev–Trinajstić information content (AvgIpc) is 2.45. The molecule has 1 amide bonds. The van der Waals surface area contributed by atoms with E-state index < -0.39 is 10.0 Å². The predicted molar refractivity (Wildman–Crippen MR) is 92.1 cm³/mol. The number of hydrogen-bond donors (Lipinski definition) is 1. The summed E-state index contributed by atoms with van der Waals surface area (Å²) in [7, 11) is -1.76. The van der Waals surface area contributed by atoms with Crippen molar-refractivity contribution in [1.29, 1.82) is 0 Å². The number of carbonyl (C=O) groups excluding carboxylic acids is 1. The Bertz CT molecular complexity index is 629. The van der Waals surface area contributed by atoms with E-state index in [1.807, 2.05) is 32.0 Å². The van der Waals surface area contributed by atoms with Crippen molar-refractivity contribution in [2.75, 3.05) is 38.4 Å². The fourth-order valence-electron chi connectivity index (χ4n) is 2.10. The van der Waals surface area contributed by atoms with E-state index in [9.17, 15) is 13.2 Å². The van der Waals surface area contributed by atoms with Crippen LogP contribution in [0.25, 0.3) is 0 Å².